The summed E-state index contributed by atoms with van der Waals surface area (Å²) in [6, 6.07) is 5.18. The van der Waals surface area contributed by atoms with E-state index in [4.69, 9.17) is 23.2 Å². The zero-order valence-electron chi connectivity index (χ0n) is 15.3. The van der Waals surface area contributed by atoms with Crippen molar-refractivity contribution < 1.29 is 14.7 Å². The second kappa shape index (κ2) is 7.29. The minimum atomic E-state index is -1.29. The molecule has 140 valence electrons. The monoisotopic (exact) mass is 397 g/mol. The molecule has 2 rings (SSSR count). The lowest BCUT2D eigenvalue weighted by atomic mass is 10.0. The Hall–Kier alpha value is -2.05. The molecular weight excluding hydrogens is 377 g/mol. The van der Waals surface area contributed by atoms with Gasteiger partial charge in [0.2, 0.25) is 5.91 Å². The van der Waals surface area contributed by atoms with Crippen molar-refractivity contribution >= 4 is 35.1 Å². The average molecular weight is 398 g/mol. The Bertz CT molecular complexity index is 875. The van der Waals surface area contributed by atoms with E-state index < -0.39 is 11.5 Å². The second-order valence-electron chi connectivity index (χ2n) is 6.65. The van der Waals surface area contributed by atoms with E-state index in [-0.39, 0.29) is 12.3 Å². The summed E-state index contributed by atoms with van der Waals surface area (Å²) in [6.07, 6.45) is 0.0617. The second-order valence-corrected chi connectivity index (χ2v) is 7.47. The van der Waals surface area contributed by atoms with Crippen LogP contribution in [0.4, 0.5) is 0 Å². The molecule has 0 radical (unpaired) electrons. The first-order chi connectivity index (χ1) is 12.0. The lowest BCUT2D eigenvalue weighted by Crippen LogP contribution is -2.51. The Morgan fingerprint density at radius 1 is 1.23 bits per heavy atom. The van der Waals surface area contributed by atoms with Crippen molar-refractivity contribution in [3.63, 3.8) is 0 Å². The van der Waals surface area contributed by atoms with Crippen LogP contribution < -0.4 is 0 Å². The molecule has 0 saturated heterocycles. The van der Waals surface area contributed by atoms with Crippen molar-refractivity contribution in [2.75, 3.05) is 7.05 Å². The van der Waals surface area contributed by atoms with Gasteiger partial charge in [0.15, 0.2) is 0 Å². The van der Waals surface area contributed by atoms with Gasteiger partial charge in [0, 0.05) is 18.3 Å². The summed E-state index contributed by atoms with van der Waals surface area (Å²) in [5.74, 6) is -1.36. The smallest absolute Gasteiger partial charge is 0.329 e. The third kappa shape index (κ3) is 3.71. The number of aromatic nitrogens is 2. The number of benzene rings is 1. The molecule has 26 heavy (non-hydrogen) atoms. The summed E-state index contributed by atoms with van der Waals surface area (Å²) in [4.78, 5) is 25.2. The molecule has 1 aromatic heterocycles. The molecule has 1 heterocycles. The molecule has 1 N–H and O–H groups in total. The fourth-order valence-electron chi connectivity index (χ4n) is 2.52. The van der Waals surface area contributed by atoms with Crippen molar-refractivity contribution in [3.8, 4) is 5.69 Å². The number of aliphatic carboxylic acids is 1. The van der Waals surface area contributed by atoms with E-state index in [1.807, 2.05) is 13.8 Å². The number of hydrogen-bond acceptors (Lipinski definition) is 3. The number of carboxylic acid groups (broad SMARTS) is 1. The van der Waals surface area contributed by atoms with Crippen LogP contribution in [-0.4, -0.2) is 44.3 Å². The zero-order chi connectivity index (χ0) is 19.8. The van der Waals surface area contributed by atoms with Crippen LogP contribution in [0.5, 0.6) is 0 Å². The normalized spacial score (nSPS) is 11.5. The highest BCUT2D eigenvalue weighted by atomic mass is 35.5. The summed E-state index contributed by atoms with van der Waals surface area (Å²) in [5, 5.41) is 14.7. The van der Waals surface area contributed by atoms with Gasteiger partial charge < -0.3 is 10.0 Å². The third-order valence-electron chi connectivity index (χ3n) is 4.65. The first-order valence-electron chi connectivity index (χ1n) is 7.97. The Morgan fingerprint density at radius 2 is 1.85 bits per heavy atom. The van der Waals surface area contributed by atoms with E-state index in [0.29, 0.717) is 15.7 Å². The minimum absolute atomic E-state index is 0.0617. The lowest BCUT2D eigenvalue weighted by Gasteiger charge is -2.31. The van der Waals surface area contributed by atoms with E-state index in [2.05, 4.69) is 5.10 Å². The van der Waals surface area contributed by atoms with Crippen LogP contribution in [0.2, 0.25) is 10.0 Å². The zero-order valence-corrected chi connectivity index (χ0v) is 16.8. The quantitative estimate of drug-likeness (QED) is 0.834. The van der Waals surface area contributed by atoms with Crippen LogP contribution in [0.15, 0.2) is 18.2 Å². The van der Waals surface area contributed by atoms with Crippen molar-refractivity contribution in [1.29, 1.82) is 0 Å². The molecule has 0 unspecified atom stereocenters. The van der Waals surface area contributed by atoms with Crippen LogP contribution in [0.3, 0.4) is 0 Å². The van der Waals surface area contributed by atoms with Gasteiger partial charge in [-0.3, -0.25) is 4.79 Å². The van der Waals surface area contributed by atoms with Gasteiger partial charge in [0.1, 0.15) is 5.54 Å². The van der Waals surface area contributed by atoms with Crippen LogP contribution >= 0.6 is 23.2 Å². The van der Waals surface area contributed by atoms with Gasteiger partial charge in [0.25, 0.3) is 0 Å². The fourth-order valence-corrected chi connectivity index (χ4v) is 2.82. The lowest BCUT2D eigenvalue weighted by molar-refractivity contribution is -0.155. The Balaban J connectivity index is 2.35. The standard InChI is InChI=1S/C18H21Cl2N3O3/c1-10-13(9-16(24)22(5)18(3,4)17(25)26)11(2)23(21-10)12-6-7-14(19)15(20)8-12/h6-8H,9H2,1-5H3,(H,25,26). The average Bonchev–Trinajstić information content (AvgIpc) is 2.84. The van der Waals surface area contributed by atoms with Crippen molar-refractivity contribution in [1.82, 2.24) is 14.7 Å². The number of carbonyl (C=O) groups is 2. The number of carbonyl (C=O) groups excluding carboxylic acids is 1. The Labute approximate surface area is 162 Å². The van der Waals surface area contributed by atoms with Crippen molar-refractivity contribution in [2.24, 2.45) is 0 Å². The number of halogens is 2. The number of rotatable bonds is 5. The van der Waals surface area contributed by atoms with Crippen molar-refractivity contribution in [3.05, 3.63) is 45.2 Å². The van der Waals surface area contributed by atoms with Gasteiger partial charge in [-0.05, 0) is 45.9 Å². The fraction of sp³-hybridized carbons (Fsp3) is 0.389. The first-order valence-corrected chi connectivity index (χ1v) is 8.73. The highest BCUT2D eigenvalue weighted by Gasteiger charge is 2.35. The SMILES string of the molecule is Cc1nn(-c2ccc(Cl)c(Cl)c2)c(C)c1CC(=O)N(C)C(C)(C)C(=O)O. The van der Waals surface area contributed by atoms with E-state index in [9.17, 15) is 14.7 Å². The molecule has 0 fully saturated rings. The Kier molecular flexibility index (Phi) is 5.68. The molecule has 0 aliphatic carbocycles. The molecular formula is C18H21Cl2N3O3. The van der Waals surface area contributed by atoms with E-state index >= 15 is 0 Å². The number of aryl methyl sites for hydroxylation is 1. The third-order valence-corrected chi connectivity index (χ3v) is 5.39. The van der Waals surface area contributed by atoms with E-state index in [0.717, 1.165) is 16.9 Å². The number of nitrogens with zero attached hydrogens (tertiary/aromatic N) is 3. The number of hydrogen-bond donors (Lipinski definition) is 1. The molecule has 0 spiro atoms. The van der Waals surface area contributed by atoms with E-state index in [1.54, 1.807) is 22.9 Å². The van der Waals surface area contributed by atoms with Gasteiger partial charge in [-0.1, -0.05) is 23.2 Å². The summed E-state index contributed by atoms with van der Waals surface area (Å²) in [6.45, 7) is 6.65. The number of amides is 1. The van der Waals surface area contributed by atoms with Gasteiger partial charge in [-0.25, -0.2) is 9.48 Å². The maximum atomic E-state index is 12.6. The first kappa shape index (κ1) is 20.3. The highest BCUT2D eigenvalue weighted by molar-refractivity contribution is 6.42. The van der Waals surface area contributed by atoms with Crippen LogP contribution in [0.1, 0.15) is 30.8 Å². The molecule has 0 aliphatic rings. The molecule has 2 aromatic rings. The van der Waals surface area contributed by atoms with Gasteiger partial charge in [0.05, 0.1) is 27.8 Å². The topological polar surface area (TPSA) is 75.4 Å². The maximum Gasteiger partial charge on any atom is 0.329 e. The van der Waals surface area contributed by atoms with Crippen LogP contribution in [-0.2, 0) is 16.0 Å². The molecule has 6 nitrogen and oxygen atoms in total. The maximum absolute atomic E-state index is 12.6. The molecule has 0 saturated carbocycles. The Morgan fingerprint density at radius 3 is 2.38 bits per heavy atom. The summed E-state index contributed by atoms with van der Waals surface area (Å²) in [7, 11) is 1.49. The summed E-state index contributed by atoms with van der Waals surface area (Å²) in [5.41, 5.74) is 1.68. The van der Waals surface area contributed by atoms with E-state index in [1.165, 1.54) is 25.8 Å². The predicted molar refractivity (Wildman–Crippen MR) is 101 cm³/mol. The van der Waals surface area contributed by atoms with Crippen LogP contribution in [0, 0.1) is 13.8 Å². The van der Waals surface area contributed by atoms with Gasteiger partial charge in [-0.2, -0.15) is 5.10 Å². The molecule has 1 aromatic carbocycles. The highest BCUT2D eigenvalue weighted by Crippen LogP contribution is 2.26. The molecule has 0 bridgehead atoms. The minimum Gasteiger partial charge on any atom is -0.480 e. The predicted octanol–water partition coefficient (Wildman–Crippen LogP) is 3.66. The molecule has 0 aliphatic heterocycles. The molecule has 8 heteroatoms. The molecule has 0 atom stereocenters. The largest absolute Gasteiger partial charge is 0.480 e. The van der Waals surface area contributed by atoms with Crippen LogP contribution in [0.25, 0.3) is 5.69 Å². The van der Waals surface area contributed by atoms with Crippen molar-refractivity contribution in [2.45, 2.75) is 39.7 Å². The number of likely N-dealkylation sites (N-methyl/N-ethyl adjacent to an activating group) is 1. The molecule has 1 amide bonds. The number of carboxylic acids is 1. The van der Waals surface area contributed by atoms with Gasteiger partial charge in [-0.15, -0.1) is 0 Å². The summed E-state index contributed by atoms with van der Waals surface area (Å²) < 4.78 is 1.70. The summed E-state index contributed by atoms with van der Waals surface area (Å²) >= 11 is 12.0. The van der Waals surface area contributed by atoms with Gasteiger partial charge >= 0.3 is 5.97 Å².